The van der Waals surface area contributed by atoms with Gasteiger partial charge >= 0.3 is 5.97 Å². The van der Waals surface area contributed by atoms with Crippen LogP contribution in [-0.4, -0.2) is 30.0 Å². The molecule has 2 aromatic rings. The Morgan fingerprint density at radius 3 is 2.60 bits per heavy atom. The van der Waals surface area contributed by atoms with Crippen molar-refractivity contribution in [3.05, 3.63) is 50.9 Å². The number of benzene rings is 1. The van der Waals surface area contributed by atoms with Gasteiger partial charge in [0, 0.05) is 16.9 Å². The minimum atomic E-state index is -0.716. The van der Waals surface area contributed by atoms with Crippen molar-refractivity contribution in [1.29, 1.82) is 0 Å². The minimum Gasteiger partial charge on any atom is -0.451 e. The van der Waals surface area contributed by atoms with Crippen LogP contribution in [0.25, 0.3) is 0 Å². The predicted octanol–water partition coefficient (Wildman–Crippen LogP) is 4.50. The molecule has 2 N–H and O–H groups in total. The lowest BCUT2D eigenvalue weighted by Crippen LogP contribution is -2.21. The van der Waals surface area contributed by atoms with Gasteiger partial charge in [0.15, 0.2) is 17.4 Å². The van der Waals surface area contributed by atoms with Crippen LogP contribution in [0.1, 0.15) is 10.5 Å². The Morgan fingerprint density at radius 2 is 1.96 bits per heavy atom. The quantitative estimate of drug-likeness (QED) is 0.509. The van der Waals surface area contributed by atoms with E-state index in [1.807, 2.05) is 0 Å². The van der Waals surface area contributed by atoms with Gasteiger partial charge in [0.1, 0.15) is 0 Å². The lowest BCUT2D eigenvalue weighted by Gasteiger charge is -2.10. The molecule has 2 rings (SSSR count). The molecule has 1 aromatic heterocycles. The lowest BCUT2D eigenvalue weighted by atomic mass is 10.3. The Labute approximate surface area is 162 Å². The predicted molar refractivity (Wildman–Crippen MR) is 101 cm³/mol. The third-order valence-electron chi connectivity index (χ3n) is 2.72. The topological polar surface area (TPSA) is 80.3 Å². The van der Waals surface area contributed by atoms with Gasteiger partial charge in [0.25, 0.3) is 5.91 Å². The summed E-state index contributed by atoms with van der Waals surface area (Å²) in [5, 5.41) is 8.18. The smallest absolute Gasteiger partial charge is 0.358 e. The van der Waals surface area contributed by atoms with Crippen molar-refractivity contribution in [1.82, 2.24) is 4.98 Å². The Morgan fingerprint density at radius 1 is 1.28 bits per heavy atom. The Hall–Kier alpha value is -1.80. The first-order valence-corrected chi connectivity index (χ1v) is 8.84. The summed E-state index contributed by atoms with van der Waals surface area (Å²) in [5.41, 5.74) is 0.297. The van der Waals surface area contributed by atoms with E-state index >= 15 is 0 Å². The largest absolute Gasteiger partial charge is 0.451 e. The Balaban J connectivity index is 1.90. The van der Waals surface area contributed by atoms with Crippen molar-refractivity contribution < 1.29 is 14.3 Å². The van der Waals surface area contributed by atoms with Crippen LogP contribution in [0, 0.1) is 0 Å². The van der Waals surface area contributed by atoms with Crippen molar-refractivity contribution in [2.75, 3.05) is 23.8 Å². The fourth-order valence-electron chi connectivity index (χ4n) is 1.65. The summed E-state index contributed by atoms with van der Waals surface area (Å²) in [7, 11) is 0. The van der Waals surface area contributed by atoms with E-state index in [2.05, 4.69) is 22.2 Å². The van der Waals surface area contributed by atoms with E-state index in [-0.39, 0.29) is 21.4 Å². The van der Waals surface area contributed by atoms with E-state index in [1.54, 1.807) is 6.08 Å². The highest BCUT2D eigenvalue weighted by Crippen LogP contribution is 2.33. The molecule has 0 saturated carbocycles. The van der Waals surface area contributed by atoms with Crippen molar-refractivity contribution in [2.24, 2.45) is 0 Å². The van der Waals surface area contributed by atoms with Crippen LogP contribution in [-0.2, 0) is 9.53 Å². The van der Waals surface area contributed by atoms with Gasteiger partial charge in [-0.1, -0.05) is 40.9 Å². The van der Waals surface area contributed by atoms with E-state index in [0.29, 0.717) is 16.7 Å². The molecule has 0 unspecified atom stereocenters. The molecule has 132 valence electrons. The van der Waals surface area contributed by atoms with E-state index < -0.39 is 18.5 Å². The normalized spacial score (nSPS) is 10.2. The molecule has 25 heavy (non-hydrogen) atoms. The zero-order valence-corrected chi connectivity index (χ0v) is 15.7. The molecule has 0 bridgehead atoms. The average molecular weight is 421 g/mol. The Bertz CT molecular complexity index is 787. The number of carbonyl (C=O) groups is 2. The SMILES string of the molecule is C=CCNc1nc(C(=O)OCC(=O)Nc2c(Cl)cc(Cl)cc2Cl)cs1. The maximum atomic E-state index is 11.9. The van der Waals surface area contributed by atoms with Gasteiger partial charge in [0.05, 0.1) is 15.7 Å². The third kappa shape index (κ3) is 5.61. The molecule has 10 heteroatoms. The van der Waals surface area contributed by atoms with Gasteiger partial charge in [-0.05, 0) is 12.1 Å². The summed E-state index contributed by atoms with van der Waals surface area (Å²) in [5.74, 6) is -1.31. The molecule has 0 aliphatic rings. The van der Waals surface area contributed by atoms with Crippen LogP contribution < -0.4 is 10.6 Å². The van der Waals surface area contributed by atoms with Gasteiger partial charge < -0.3 is 15.4 Å². The first-order chi connectivity index (χ1) is 11.9. The number of halogens is 3. The summed E-state index contributed by atoms with van der Waals surface area (Å²) < 4.78 is 4.92. The van der Waals surface area contributed by atoms with Gasteiger partial charge in [-0.25, -0.2) is 9.78 Å². The number of nitrogens with one attached hydrogen (secondary N) is 2. The van der Waals surface area contributed by atoms with Crippen LogP contribution >= 0.6 is 46.1 Å². The number of nitrogens with zero attached hydrogens (tertiary/aromatic N) is 1. The first kappa shape index (κ1) is 19.5. The van der Waals surface area contributed by atoms with E-state index in [4.69, 9.17) is 39.5 Å². The highest BCUT2D eigenvalue weighted by molar-refractivity contribution is 7.13. The van der Waals surface area contributed by atoms with E-state index in [0.717, 1.165) is 0 Å². The molecular weight excluding hydrogens is 409 g/mol. The number of amides is 1. The van der Waals surface area contributed by atoms with Gasteiger partial charge in [-0.2, -0.15) is 0 Å². The molecule has 0 atom stereocenters. The molecular formula is C15H12Cl3N3O3S. The number of anilines is 2. The van der Waals surface area contributed by atoms with Crippen molar-refractivity contribution in [3.8, 4) is 0 Å². The highest BCUT2D eigenvalue weighted by Gasteiger charge is 2.16. The van der Waals surface area contributed by atoms with E-state index in [9.17, 15) is 9.59 Å². The summed E-state index contributed by atoms with van der Waals surface area (Å²) in [6.07, 6.45) is 1.66. The molecule has 0 aliphatic carbocycles. The van der Waals surface area contributed by atoms with Gasteiger partial charge in [0.2, 0.25) is 0 Å². The molecule has 0 spiro atoms. The van der Waals surface area contributed by atoms with Crippen LogP contribution in [0.5, 0.6) is 0 Å². The average Bonchev–Trinajstić information content (AvgIpc) is 3.03. The van der Waals surface area contributed by atoms with Crippen LogP contribution in [0.15, 0.2) is 30.2 Å². The molecule has 0 radical (unpaired) electrons. The summed E-state index contributed by atoms with van der Waals surface area (Å²) in [6, 6.07) is 2.87. The number of ether oxygens (including phenoxy) is 1. The van der Waals surface area contributed by atoms with E-state index in [1.165, 1.54) is 28.8 Å². The monoisotopic (exact) mass is 419 g/mol. The summed E-state index contributed by atoms with van der Waals surface area (Å²) in [4.78, 5) is 27.8. The molecule has 6 nitrogen and oxygen atoms in total. The fourth-order valence-corrected chi connectivity index (χ4v) is 3.25. The second-order valence-electron chi connectivity index (χ2n) is 4.58. The first-order valence-electron chi connectivity index (χ1n) is 6.82. The Kier molecular flexibility index (Phi) is 7.07. The number of aromatic nitrogens is 1. The lowest BCUT2D eigenvalue weighted by molar-refractivity contribution is -0.119. The maximum absolute atomic E-state index is 11.9. The van der Waals surface area contributed by atoms with Crippen molar-refractivity contribution in [2.45, 2.75) is 0 Å². The molecule has 0 aliphatic heterocycles. The summed E-state index contributed by atoms with van der Waals surface area (Å²) in [6.45, 7) is 3.58. The highest BCUT2D eigenvalue weighted by atomic mass is 35.5. The van der Waals surface area contributed by atoms with Crippen molar-refractivity contribution >= 4 is 68.8 Å². The van der Waals surface area contributed by atoms with Crippen LogP contribution in [0.3, 0.4) is 0 Å². The zero-order valence-electron chi connectivity index (χ0n) is 12.6. The molecule has 0 saturated heterocycles. The molecule has 1 aromatic carbocycles. The minimum absolute atomic E-state index is 0.104. The van der Waals surface area contributed by atoms with Gasteiger partial charge in [-0.15, -0.1) is 17.9 Å². The molecule has 1 amide bonds. The fraction of sp³-hybridized carbons (Fsp3) is 0.133. The number of hydrogen-bond donors (Lipinski definition) is 2. The second kappa shape index (κ2) is 9.05. The third-order valence-corrected chi connectivity index (χ3v) is 4.33. The number of esters is 1. The maximum Gasteiger partial charge on any atom is 0.358 e. The van der Waals surface area contributed by atoms with Crippen LogP contribution in [0.4, 0.5) is 10.8 Å². The number of thiazole rings is 1. The zero-order chi connectivity index (χ0) is 18.4. The van der Waals surface area contributed by atoms with Gasteiger partial charge in [-0.3, -0.25) is 4.79 Å². The summed E-state index contributed by atoms with van der Waals surface area (Å²) >= 11 is 19.0. The van der Waals surface area contributed by atoms with Crippen molar-refractivity contribution in [3.63, 3.8) is 0 Å². The number of carbonyl (C=O) groups excluding carboxylic acids is 2. The number of rotatable bonds is 7. The second-order valence-corrected chi connectivity index (χ2v) is 6.69. The van der Waals surface area contributed by atoms with Crippen LogP contribution in [0.2, 0.25) is 15.1 Å². The molecule has 0 fully saturated rings. The standard InChI is InChI=1S/C15H12Cl3N3O3S/c1-2-3-19-15-20-11(7-25-15)14(23)24-6-12(22)21-13-9(17)4-8(16)5-10(13)18/h2,4-5,7H,1,3,6H2,(H,19,20)(H,21,22). The molecule has 1 heterocycles. The number of hydrogen-bond acceptors (Lipinski definition) is 6.